The van der Waals surface area contributed by atoms with Crippen LogP contribution in [-0.2, 0) is 12.4 Å². The molecule has 0 aliphatic rings. The number of nitrogens with zero attached hydrogens (tertiary/aromatic N) is 4. The van der Waals surface area contributed by atoms with Crippen LogP contribution in [0.2, 0.25) is 0 Å². The van der Waals surface area contributed by atoms with Gasteiger partial charge >= 0.3 is 12.4 Å². The molecule has 0 amide bonds. The number of para-hydroxylation sites is 2. The zero-order valence-electron chi connectivity index (χ0n) is 23.1. The third-order valence-corrected chi connectivity index (χ3v) is 7.54. The lowest BCUT2D eigenvalue weighted by molar-refractivity contribution is -0.138. The molecular weight excluding hydrogens is 590 g/mol. The van der Waals surface area contributed by atoms with Gasteiger partial charge in [-0.15, -0.1) is 0 Å². The predicted molar refractivity (Wildman–Crippen MR) is 160 cm³/mol. The number of halogens is 6. The highest BCUT2D eigenvalue weighted by Gasteiger charge is 2.31. The van der Waals surface area contributed by atoms with E-state index in [1.54, 1.807) is 0 Å². The van der Waals surface area contributed by atoms with E-state index in [1.807, 2.05) is 60.7 Å². The number of aromatic nitrogens is 4. The fraction of sp³-hybridized carbons (Fsp3) is 0.0571. The molecule has 0 aliphatic heterocycles. The normalized spacial score (nSPS) is 12.2. The minimum atomic E-state index is -4.52. The smallest absolute Gasteiger partial charge is 0.309 e. The van der Waals surface area contributed by atoms with E-state index in [4.69, 9.17) is 0 Å². The fourth-order valence-electron chi connectivity index (χ4n) is 5.34. The lowest BCUT2D eigenvalue weighted by atomic mass is 10.1. The summed E-state index contributed by atoms with van der Waals surface area (Å²) in [5.74, 6) is 0.369. The van der Waals surface area contributed by atoms with Gasteiger partial charge in [-0.1, -0.05) is 60.7 Å². The number of alkyl halides is 6. The van der Waals surface area contributed by atoms with Crippen LogP contribution in [0.5, 0.6) is 0 Å². The van der Waals surface area contributed by atoms with E-state index in [1.165, 1.54) is 24.3 Å². The molecule has 0 spiro atoms. The molecule has 0 aliphatic carbocycles. The van der Waals surface area contributed by atoms with Crippen LogP contribution in [0.25, 0.3) is 61.7 Å². The second-order valence-electron chi connectivity index (χ2n) is 10.4. The van der Waals surface area contributed by atoms with Crippen molar-refractivity contribution in [1.82, 2.24) is 19.5 Å². The standard InChI is InChI=1S/C35H20F6N4/c36-34(37,38)24-15-9-21(10-16-24)31-42-32(22-11-17-25(18-12-22)35(39,40)41)44-33(43-31)23-13-19-26(20-14-23)45-29-7-3-1-5-27(29)28-6-2-4-8-30(28)45/h1-20H. The van der Waals surface area contributed by atoms with Crippen molar-refractivity contribution in [3.8, 4) is 39.9 Å². The average Bonchev–Trinajstić information content (AvgIpc) is 3.38. The van der Waals surface area contributed by atoms with E-state index >= 15 is 0 Å². The first-order valence-electron chi connectivity index (χ1n) is 13.8. The Morgan fingerprint density at radius 3 is 1.09 bits per heavy atom. The van der Waals surface area contributed by atoms with Crippen LogP contribution in [0.4, 0.5) is 26.3 Å². The summed E-state index contributed by atoms with van der Waals surface area (Å²) in [6, 6.07) is 32.3. The molecule has 7 rings (SSSR count). The highest BCUT2D eigenvalue weighted by molar-refractivity contribution is 6.09. The molecule has 0 N–H and O–H groups in total. The van der Waals surface area contributed by atoms with Gasteiger partial charge in [0.25, 0.3) is 0 Å². The fourth-order valence-corrected chi connectivity index (χ4v) is 5.34. The molecular formula is C35H20F6N4. The van der Waals surface area contributed by atoms with E-state index in [2.05, 4.69) is 31.7 Å². The van der Waals surface area contributed by atoms with Gasteiger partial charge in [-0.25, -0.2) is 15.0 Å². The summed E-state index contributed by atoms with van der Waals surface area (Å²) in [4.78, 5) is 13.5. The molecule has 2 aromatic heterocycles. The van der Waals surface area contributed by atoms with Gasteiger partial charge in [-0.2, -0.15) is 26.3 Å². The zero-order valence-corrected chi connectivity index (χ0v) is 23.1. The molecule has 0 atom stereocenters. The van der Waals surface area contributed by atoms with Gasteiger partial charge in [0.2, 0.25) is 0 Å². The zero-order chi connectivity index (χ0) is 31.3. The maximum atomic E-state index is 13.2. The van der Waals surface area contributed by atoms with E-state index < -0.39 is 23.5 Å². The van der Waals surface area contributed by atoms with Crippen molar-refractivity contribution in [1.29, 1.82) is 0 Å². The first-order valence-corrected chi connectivity index (χ1v) is 13.8. The lowest BCUT2D eigenvalue weighted by Crippen LogP contribution is -2.05. The Labute approximate surface area is 252 Å². The van der Waals surface area contributed by atoms with Crippen molar-refractivity contribution in [2.75, 3.05) is 0 Å². The molecule has 0 radical (unpaired) electrons. The predicted octanol–water partition coefficient (Wildman–Crippen LogP) is 10.0. The molecule has 0 unspecified atom stereocenters. The van der Waals surface area contributed by atoms with E-state index in [-0.39, 0.29) is 17.5 Å². The number of hydrogen-bond acceptors (Lipinski definition) is 3. The number of fused-ring (bicyclic) bond motifs is 3. The number of rotatable bonds is 4. The molecule has 222 valence electrons. The second kappa shape index (κ2) is 10.6. The summed E-state index contributed by atoms with van der Waals surface area (Å²) in [5, 5.41) is 2.22. The van der Waals surface area contributed by atoms with E-state index in [0.717, 1.165) is 51.8 Å². The van der Waals surface area contributed by atoms with Crippen LogP contribution < -0.4 is 0 Å². The Bertz CT molecular complexity index is 2030. The largest absolute Gasteiger partial charge is 0.416 e. The van der Waals surface area contributed by atoms with Gasteiger partial charge in [0.05, 0.1) is 22.2 Å². The minimum Gasteiger partial charge on any atom is -0.309 e. The van der Waals surface area contributed by atoms with Crippen molar-refractivity contribution in [2.45, 2.75) is 12.4 Å². The lowest BCUT2D eigenvalue weighted by Gasteiger charge is -2.12. The van der Waals surface area contributed by atoms with E-state index in [9.17, 15) is 26.3 Å². The van der Waals surface area contributed by atoms with Crippen molar-refractivity contribution in [3.63, 3.8) is 0 Å². The van der Waals surface area contributed by atoms with Crippen LogP contribution in [0.1, 0.15) is 11.1 Å². The molecule has 0 bridgehead atoms. The quantitative estimate of drug-likeness (QED) is 0.186. The Balaban J connectivity index is 1.33. The summed E-state index contributed by atoms with van der Waals surface area (Å²) in [7, 11) is 0. The molecule has 10 heteroatoms. The van der Waals surface area contributed by atoms with Crippen molar-refractivity contribution in [2.24, 2.45) is 0 Å². The monoisotopic (exact) mass is 610 g/mol. The molecule has 45 heavy (non-hydrogen) atoms. The minimum absolute atomic E-state index is 0.0788. The highest BCUT2D eigenvalue weighted by atomic mass is 19.4. The molecule has 7 aromatic rings. The van der Waals surface area contributed by atoms with Gasteiger partial charge in [0.15, 0.2) is 17.5 Å². The van der Waals surface area contributed by atoms with Crippen LogP contribution in [0.15, 0.2) is 121 Å². The number of hydrogen-bond donors (Lipinski definition) is 0. The summed E-state index contributed by atoms with van der Waals surface area (Å²) in [5.41, 5.74) is 2.46. The van der Waals surface area contributed by atoms with Gasteiger partial charge < -0.3 is 4.57 Å². The average molecular weight is 611 g/mol. The first-order chi connectivity index (χ1) is 21.6. The van der Waals surface area contributed by atoms with Crippen molar-refractivity contribution in [3.05, 3.63) is 132 Å². The molecule has 2 heterocycles. The SMILES string of the molecule is FC(F)(F)c1ccc(-c2nc(-c3ccc(-n4c5ccccc5c5ccccc54)cc3)nc(-c3ccc(C(F)(F)F)cc3)n2)cc1. The Hall–Kier alpha value is -5.51. The molecule has 4 nitrogen and oxygen atoms in total. The number of benzene rings is 5. The van der Waals surface area contributed by atoms with Crippen LogP contribution in [0.3, 0.4) is 0 Å². The van der Waals surface area contributed by atoms with Gasteiger partial charge in [0.1, 0.15) is 0 Å². The molecule has 0 saturated carbocycles. The second-order valence-corrected chi connectivity index (χ2v) is 10.4. The third-order valence-electron chi connectivity index (χ3n) is 7.54. The van der Waals surface area contributed by atoms with Crippen molar-refractivity contribution < 1.29 is 26.3 Å². The van der Waals surface area contributed by atoms with Gasteiger partial charge in [0, 0.05) is 33.2 Å². The Morgan fingerprint density at radius 2 is 0.733 bits per heavy atom. The molecule has 5 aromatic carbocycles. The van der Waals surface area contributed by atoms with Crippen LogP contribution >= 0.6 is 0 Å². The Kier molecular flexibility index (Phi) is 6.65. The van der Waals surface area contributed by atoms with Crippen molar-refractivity contribution >= 4 is 21.8 Å². The summed E-state index contributed by atoms with van der Waals surface area (Å²) >= 11 is 0. The molecule has 0 fully saturated rings. The Morgan fingerprint density at radius 1 is 0.400 bits per heavy atom. The van der Waals surface area contributed by atoms with Gasteiger partial charge in [-0.3, -0.25) is 0 Å². The molecule has 0 saturated heterocycles. The maximum Gasteiger partial charge on any atom is 0.416 e. The summed E-state index contributed by atoms with van der Waals surface area (Å²) in [6.07, 6.45) is -9.04. The highest BCUT2D eigenvalue weighted by Crippen LogP contribution is 2.35. The van der Waals surface area contributed by atoms with Crippen LogP contribution in [-0.4, -0.2) is 19.5 Å². The third kappa shape index (κ3) is 5.28. The summed E-state index contributed by atoms with van der Waals surface area (Å²) < 4.78 is 81.3. The van der Waals surface area contributed by atoms with Gasteiger partial charge in [-0.05, 0) is 60.7 Å². The van der Waals surface area contributed by atoms with Crippen LogP contribution in [0, 0.1) is 0 Å². The first kappa shape index (κ1) is 28.3. The van der Waals surface area contributed by atoms with E-state index in [0.29, 0.717) is 16.7 Å². The maximum absolute atomic E-state index is 13.2. The summed E-state index contributed by atoms with van der Waals surface area (Å²) in [6.45, 7) is 0. The topological polar surface area (TPSA) is 43.6 Å².